The van der Waals surface area contributed by atoms with Gasteiger partial charge in [0.2, 0.25) is 11.8 Å². The molecule has 16 heavy (non-hydrogen) atoms. The van der Waals surface area contributed by atoms with E-state index < -0.39 is 0 Å². The Morgan fingerprint density at radius 1 is 1.38 bits per heavy atom. The molecule has 90 valence electrons. The van der Waals surface area contributed by atoms with E-state index in [2.05, 4.69) is 15.3 Å². The lowest BCUT2D eigenvalue weighted by Crippen LogP contribution is -2.12. The summed E-state index contributed by atoms with van der Waals surface area (Å²) in [4.78, 5) is 8.23. The molecule has 0 aliphatic rings. The van der Waals surface area contributed by atoms with Crippen molar-refractivity contribution in [3.05, 3.63) is 12.3 Å². The highest BCUT2D eigenvalue weighted by atomic mass is 16.5. The van der Waals surface area contributed by atoms with E-state index in [0.29, 0.717) is 25.0 Å². The molecule has 0 fully saturated rings. The van der Waals surface area contributed by atoms with E-state index in [1.54, 1.807) is 12.3 Å². The van der Waals surface area contributed by atoms with E-state index in [1.165, 1.54) is 0 Å². The SMILES string of the molecule is CCNc1nccc(OCCOC(C)C)n1. The summed E-state index contributed by atoms with van der Waals surface area (Å²) in [6, 6.07) is 1.73. The van der Waals surface area contributed by atoms with Crippen molar-refractivity contribution in [2.75, 3.05) is 25.1 Å². The largest absolute Gasteiger partial charge is 0.475 e. The van der Waals surface area contributed by atoms with Crippen LogP contribution in [0.2, 0.25) is 0 Å². The van der Waals surface area contributed by atoms with Gasteiger partial charge in [0.1, 0.15) is 6.61 Å². The highest BCUT2D eigenvalue weighted by Crippen LogP contribution is 2.07. The molecule has 0 saturated heterocycles. The molecule has 0 atom stereocenters. The molecule has 0 spiro atoms. The van der Waals surface area contributed by atoms with Crippen molar-refractivity contribution in [1.29, 1.82) is 0 Å². The van der Waals surface area contributed by atoms with Crippen LogP contribution in [-0.2, 0) is 4.74 Å². The van der Waals surface area contributed by atoms with Gasteiger partial charge in [0.25, 0.3) is 0 Å². The van der Waals surface area contributed by atoms with Crippen LogP contribution < -0.4 is 10.1 Å². The van der Waals surface area contributed by atoms with Crippen molar-refractivity contribution in [1.82, 2.24) is 9.97 Å². The number of nitrogens with zero attached hydrogens (tertiary/aromatic N) is 2. The Bertz CT molecular complexity index is 305. The monoisotopic (exact) mass is 225 g/mol. The average Bonchev–Trinajstić information content (AvgIpc) is 2.25. The number of ether oxygens (including phenoxy) is 2. The molecule has 1 heterocycles. The molecular weight excluding hydrogens is 206 g/mol. The van der Waals surface area contributed by atoms with Crippen molar-refractivity contribution in [2.45, 2.75) is 26.9 Å². The normalized spacial score (nSPS) is 10.5. The second kappa shape index (κ2) is 7.00. The highest BCUT2D eigenvalue weighted by molar-refractivity contribution is 5.26. The number of aromatic nitrogens is 2. The van der Waals surface area contributed by atoms with Gasteiger partial charge in [-0.05, 0) is 20.8 Å². The third kappa shape index (κ3) is 4.93. The molecule has 0 radical (unpaired) electrons. The first-order valence-electron chi connectivity index (χ1n) is 5.53. The first-order chi connectivity index (χ1) is 7.72. The lowest BCUT2D eigenvalue weighted by Gasteiger charge is -2.09. The highest BCUT2D eigenvalue weighted by Gasteiger charge is 1.99. The minimum absolute atomic E-state index is 0.228. The minimum atomic E-state index is 0.228. The third-order valence-electron chi connectivity index (χ3n) is 1.75. The van der Waals surface area contributed by atoms with Crippen molar-refractivity contribution in [3.8, 4) is 5.88 Å². The summed E-state index contributed by atoms with van der Waals surface area (Å²) >= 11 is 0. The second-order valence-corrected chi connectivity index (χ2v) is 3.52. The molecule has 0 aromatic carbocycles. The Hall–Kier alpha value is -1.36. The van der Waals surface area contributed by atoms with Crippen molar-refractivity contribution in [3.63, 3.8) is 0 Å². The number of anilines is 1. The molecule has 1 aromatic heterocycles. The Kier molecular flexibility index (Phi) is 5.56. The topological polar surface area (TPSA) is 56.3 Å². The van der Waals surface area contributed by atoms with Gasteiger partial charge in [-0.1, -0.05) is 0 Å². The molecular formula is C11H19N3O2. The van der Waals surface area contributed by atoms with Crippen molar-refractivity contribution >= 4 is 5.95 Å². The fraction of sp³-hybridized carbons (Fsp3) is 0.636. The predicted molar refractivity (Wildman–Crippen MR) is 62.8 cm³/mol. The molecule has 0 saturated carbocycles. The minimum Gasteiger partial charge on any atom is -0.475 e. The summed E-state index contributed by atoms with van der Waals surface area (Å²) in [5.74, 6) is 1.16. The average molecular weight is 225 g/mol. The lowest BCUT2D eigenvalue weighted by atomic mass is 10.5. The maximum Gasteiger partial charge on any atom is 0.225 e. The molecule has 5 nitrogen and oxygen atoms in total. The van der Waals surface area contributed by atoms with Crippen LogP contribution in [0, 0.1) is 0 Å². The van der Waals surface area contributed by atoms with Crippen LogP contribution in [-0.4, -0.2) is 35.8 Å². The van der Waals surface area contributed by atoms with Crippen molar-refractivity contribution in [2.24, 2.45) is 0 Å². The van der Waals surface area contributed by atoms with Crippen LogP contribution in [0.15, 0.2) is 12.3 Å². The maximum absolute atomic E-state index is 5.43. The van der Waals surface area contributed by atoms with Crippen molar-refractivity contribution < 1.29 is 9.47 Å². The number of rotatable bonds is 7. The predicted octanol–water partition coefficient (Wildman–Crippen LogP) is 1.71. The fourth-order valence-corrected chi connectivity index (χ4v) is 1.10. The number of nitrogens with one attached hydrogen (secondary N) is 1. The Morgan fingerprint density at radius 2 is 2.19 bits per heavy atom. The van der Waals surface area contributed by atoms with Crippen LogP contribution in [0.5, 0.6) is 5.88 Å². The van der Waals surface area contributed by atoms with Gasteiger partial charge in [0.05, 0.1) is 12.7 Å². The van der Waals surface area contributed by atoms with Crippen LogP contribution in [0.25, 0.3) is 0 Å². The van der Waals surface area contributed by atoms with Gasteiger partial charge < -0.3 is 14.8 Å². The van der Waals surface area contributed by atoms with Gasteiger partial charge in [0, 0.05) is 18.8 Å². The van der Waals surface area contributed by atoms with E-state index >= 15 is 0 Å². The summed E-state index contributed by atoms with van der Waals surface area (Å²) in [5, 5.41) is 3.02. The van der Waals surface area contributed by atoms with Crippen LogP contribution in [0.1, 0.15) is 20.8 Å². The second-order valence-electron chi connectivity index (χ2n) is 3.52. The molecule has 0 aliphatic heterocycles. The fourth-order valence-electron chi connectivity index (χ4n) is 1.10. The van der Waals surface area contributed by atoms with E-state index in [-0.39, 0.29) is 6.10 Å². The standard InChI is InChI=1S/C11H19N3O2/c1-4-12-11-13-6-5-10(14-11)16-8-7-15-9(2)3/h5-6,9H,4,7-8H2,1-3H3,(H,12,13,14). The first-order valence-corrected chi connectivity index (χ1v) is 5.53. The number of hydrogen-bond donors (Lipinski definition) is 1. The van der Waals surface area contributed by atoms with Gasteiger partial charge in [-0.3, -0.25) is 0 Å². The van der Waals surface area contributed by atoms with Gasteiger partial charge in [-0.25, -0.2) is 4.98 Å². The van der Waals surface area contributed by atoms with E-state index in [9.17, 15) is 0 Å². The molecule has 1 rings (SSSR count). The molecule has 5 heteroatoms. The van der Waals surface area contributed by atoms with Crippen LogP contribution in [0.4, 0.5) is 5.95 Å². The zero-order valence-electron chi connectivity index (χ0n) is 10.1. The van der Waals surface area contributed by atoms with Gasteiger partial charge in [-0.15, -0.1) is 0 Å². The molecule has 0 aliphatic carbocycles. The van der Waals surface area contributed by atoms with Gasteiger partial charge >= 0.3 is 0 Å². The molecule has 1 aromatic rings. The summed E-state index contributed by atoms with van der Waals surface area (Å²) in [5.41, 5.74) is 0. The quantitative estimate of drug-likeness (QED) is 0.716. The summed E-state index contributed by atoms with van der Waals surface area (Å²) in [6.45, 7) is 7.84. The Balaban J connectivity index is 2.33. The molecule has 0 bridgehead atoms. The zero-order chi connectivity index (χ0) is 11.8. The van der Waals surface area contributed by atoms with Gasteiger partial charge in [-0.2, -0.15) is 4.98 Å². The van der Waals surface area contributed by atoms with Gasteiger partial charge in [0.15, 0.2) is 0 Å². The van der Waals surface area contributed by atoms with E-state index in [1.807, 2.05) is 20.8 Å². The Morgan fingerprint density at radius 3 is 2.88 bits per heavy atom. The third-order valence-corrected chi connectivity index (χ3v) is 1.75. The molecule has 0 unspecified atom stereocenters. The zero-order valence-corrected chi connectivity index (χ0v) is 10.1. The summed E-state index contributed by atoms with van der Waals surface area (Å²) in [6.07, 6.45) is 1.90. The molecule has 0 amide bonds. The summed E-state index contributed by atoms with van der Waals surface area (Å²) < 4.78 is 10.8. The van der Waals surface area contributed by atoms with E-state index in [4.69, 9.17) is 9.47 Å². The first kappa shape index (κ1) is 12.7. The molecule has 1 N–H and O–H groups in total. The van der Waals surface area contributed by atoms with Crippen LogP contribution in [0.3, 0.4) is 0 Å². The van der Waals surface area contributed by atoms with E-state index in [0.717, 1.165) is 6.54 Å². The number of hydrogen-bond acceptors (Lipinski definition) is 5. The summed E-state index contributed by atoms with van der Waals surface area (Å²) in [7, 11) is 0. The lowest BCUT2D eigenvalue weighted by molar-refractivity contribution is 0.0542. The maximum atomic E-state index is 5.43. The van der Waals surface area contributed by atoms with Crippen LogP contribution >= 0.6 is 0 Å². The smallest absolute Gasteiger partial charge is 0.225 e. The Labute approximate surface area is 96.2 Å².